The van der Waals surface area contributed by atoms with Crippen molar-refractivity contribution in [3.63, 3.8) is 0 Å². The molecule has 0 bridgehead atoms. The molecule has 0 saturated heterocycles. The molecule has 0 aliphatic heterocycles. The van der Waals surface area contributed by atoms with E-state index in [1.807, 2.05) is 12.1 Å². The van der Waals surface area contributed by atoms with Gasteiger partial charge in [0.2, 0.25) is 5.91 Å². The van der Waals surface area contributed by atoms with Crippen LogP contribution >= 0.6 is 11.6 Å². The van der Waals surface area contributed by atoms with Crippen LogP contribution in [0.5, 0.6) is 0 Å². The Hall–Kier alpha value is -2.51. The van der Waals surface area contributed by atoms with Crippen molar-refractivity contribution in [3.8, 4) is 6.07 Å². The van der Waals surface area contributed by atoms with Gasteiger partial charge >= 0.3 is 0 Å². The first-order valence-corrected chi connectivity index (χ1v) is 6.34. The number of carbonyl (C=O) groups excluding carboxylic acids is 1. The molecule has 0 spiro atoms. The van der Waals surface area contributed by atoms with Crippen LogP contribution in [0.2, 0.25) is 5.02 Å². The molecule has 3 rings (SSSR count). The predicted octanol–water partition coefficient (Wildman–Crippen LogP) is 4.09. The number of benzene rings is 2. The zero-order chi connectivity index (χ0) is 14.1. The van der Waals surface area contributed by atoms with Crippen LogP contribution in [0.15, 0.2) is 40.8 Å². The predicted molar refractivity (Wildman–Crippen MR) is 77.6 cm³/mol. The Kier molecular flexibility index (Phi) is 3.05. The molecule has 3 aromatic rings. The van der Waals surface area contributed by atoms with E-state index in [0.29, 0.717) is 21.9 Å². The first-order chi connectivity index (χ1) is 9.69. The van der Waals surface area contributed by atoms with E-state index in [-0.39, 0.29) is 12.3 Å². The minimum absolute atomic E-state index is 0.188. The molecule has 20 heavy (non-hydrogen) atoms. The fraction of sp³-hybridized carbons (Fsp3) is 0.0667. The molecule has 1 aromatic heterocycles. The van der Waals surface area contributed by atoms with Crippen LogP contribution < -0.4 is 5.32 Å². The molecule has 1 amide bonds. The van der Waals surface area contributed by atoms with Crippen LogP contribution in [-0.2, 0) is 4.79 Å². The van der Waals surface area contributed by atoms with Gasteiger partial charge in [-0.3, -0.25) is 4.79 Å². The van der Waals surface area contributed by atoms with Crippen molar-refractivity contribution in [1.29, 1.82) is 5.26 Å². The maximum Gasteiger partial charge on any atom is 0.238 e. The van der Waals surface area contributed by atoms with Crippen molar-refractivity contribution in [2.24, 2.45) is 0 Å². The number of hydrogen-bond donors (Lipinski definition) is 1. The highest BCUT2D eigenvalue weighted by molar-refractivity contribution is 6.32. The van der Waals surface area contributed by atoms with E-state index >= 15 is 0 Å². The average Bonchev–Trinajstić information content (AvgIpc) is 2.77. The first kappa shape index (κ1) is 12.5. The van der Waals surface area contributed by atoms with E-state index in [1.54, 1.807) is 30.3 Å². The second-order valence-electron chi connectivity index (χ2n) is 4.30. The lowest BCUT2D eigenvalue weighted by atomic mass is 10.1. The number of fused-ring (bicyclic) bond motifs is 3. The van der Waals surface area contributed by atoms with E-state index < -0.39 is 0 Å². The summed E-state index contributed by atoms with van der Waals surface area (Å²) in [7, 11) is 0. The van der Waals surface area contributed by atoms with Gasteiger partial charge < -0.3 is 9.73 Å². The van der Waals surface area contributed by atoms with Crippen LogP contribution in [-0.4, -0.2) is 5.91 Å². The van der Waals surface area contributed by atoms with E-state index in [9.17, 15) is 4.79 Å². The largest absolute Gasteiger partial charge is 0.456 e. The summed E-state index contributed by atoms with van der Waals surface area (Å²) in [5.74, 6) is -0.351. The van der Waals surface area contributed by atoms with Crippen molar-refractivity contribution in [1.82, 2.24) is 0 Å². The molecule has 0 atom stereocenters. The quantitative estimate of drug-likeness (QED) is 0.770. The van der Waals surface area contributed by atoms with Gasteiger partial charge in [-0.2, -0.15) is 5.26 Å². The molecule has 5 heteroatoms. The molecule has 98 valence electrons. The molecule has 4 nitrogen and oxygen atoms in total. The number of halogens is 1. The Morgan fingerprint density at radius 1 is 1.30 bits per heavy atom. The molecule has 1 N–H and O–H groups in total. The van der Waals surface area contributed by atoms with Crippen molar-refractivity contribution in [2.75, 3.05) is 5.32 Å². The number of nitrogens with one attached hydrogen (secondary N) is 1. The maximum absolute atomic E-state index is 11.6. The summed E-state index contributed by atoms with van der Waals surface area (Å²) in [5, 5.41) is 13.5. The highest BCUT2D eigenvalue weighted by atomic mass is 35.5. The highest BCUT2D eigenvalue weighted by Crippen LogP contribution is 2.35. The third-order valence-electron chi connectivity index (χ3n) is 2.97. The summed E-state index contributed by atoms with van der Waals surface area (Å²) < 4.78 is 5.71. The summed E-state index contributed by atoms with van der Waals surface area (Å²) in [6.45, 7) is 0. The number of carbonyl (C=O) groups is 1. The van der Waals surface area contributed by atoms with Gasteiger partial charge in [0.1, 0.15) is 17.6 Å². The molecule has 0 saturated carbocycles. The Morgan fingerprint density at radius 3 is 2.95 bits per heavy atom. The Balaban J connectivity index is 2.22. The average molecular weight is 285 g/mol. The summed E-state index contributed by atoms with van der Waals surface area (Å²) in [6, 6.07) is 12.5. The molecule has 0 aliphatic carbocycles. The molecule has 1 heterocycles. The van der Waals surface area contributed by atoms with Crippen LogP contribution in [0.4, 0.5) is 5.69 Å². The zero-order valence-electron chi connectivity index (χ0n) is 10.3. The van der Waals surface area contributed by atoms with Crippen molar-refractivity contribution < 1.29 is 9.21 Å². The van der Waals surface area contributed by atoms with Gasteiger partial charge in [0.05, 0.1) is 17.1 Å². The third kappa shape index (κ3) is 2.09. The molecule has 0 aliphatic rings. The molecule has 0 unspecified atom stereocenters. The van der Waals surface area contributed by atoms with E-state index in [1.165, 1.54) is 0 Å². The van der Waals surface area contributed by atoms with Crippen LogP contribution in [0, 0.1) is 11.3 Å². The monoisotopic (exact) mass is 284 g/mol. The number of anilines is 1. The molecular formula is C15H9ClN2O2. The Bertz CT molecular complexity index is 861. The number of rotatable bonds is 2. The SMILES string of the molecule is N#CCC(=O)Nc1cccc2oc3ccc(Cl)cc3c12. The first-order valence-electron chi connectivity index (χ1n) is 5.96. The lowest BCUT2D eigenvalue weighted by molar-refractivity contribution is -0.115. The molecule has 0 fully saturated rings. The second kappa shape index (κ2) is 4.87. The minimum atomic E-state index is -0.351. The number of nitrogens with zero attached hydrogens (tertiary/aromatic N) is 1. The summed E-state index contributed by atoms with van der Waals surface area (Å²) >= 11 is 6.01. The lowest BCUT2D eigenvalue weighted by Crippen LogP contribution is -2.10. The van der Waals surface area contributed by atoms with Gasteiger partial charge in [0.15, 0.2) is 0 Å². The smallest absolute Gasteiger partial charge is 0.238 e. The van der Waals surface area contributed by atoms with Crippen LogP contribution in [0.1, 0.15) is 6.42 Å². The number of hydrogen-bond acceptors (Lipinski definition) is 3. The number of nitriles is 1. The van der Waals surface area contributed by atoms with Gasteiger partial charge in [-0.05, 0) is 30.3 Å². The standard InChI is InChI=1S/C15H9ClN2O2/c16-9-4-5-12-10(8-9)15-11(18-14(19)6-7-17)2-1-3-13(15)20-12/h1-5,8H,6H2,(H,18,19). The van der Waals surface area contributed by atoms with Gasteiger partial charge in [-0.1, -0.05) is 17.7 Å². The highest BCUT2D eigenvalue weighted by Gasteiger charge is 2.12. The summed E-state index contributed by atoms with van der Waals surface area (Å²) in [4.78, 5) is 11.6. The van der Waals surface area contributed by atoms with Gasteiger partial charge in [0, 0.05) is 10.4 Å². The summed E-state index contributed by atoms with van der Waals surface area (Å²) in [5.41, 5.74) is 1.98. The normalized spacial score (nSPS) is 10.6. The zero-order valence-corrected chi connectivity index (χ0v) is 11.1. The van der Waals surface area contributed by atoms with Crippen molar-refractivity contribution in [2.45, 2.75) is 6.42 Å². The molecule has 2 aromatic carbocycles. The third-order valence-corrected chi connectivity index (χ3v) is 3.21. The van der Waals surface area contributed by atoms with Crippen molar-refractivity contribution in [3.05, 3.63) is 41.4 Å². The molecular weight excluding hydrogens is 276 g/mol. The number of amides is 1. The van der Waals surface area contributed by atoms with Gasteiger partial charge in [-0.15, -0.1) is 0 Å². The fourth-order valence-electron chi connectivity index (χ4n) is 2.17. The second-order valence-corrected chi connectivity index (χ2v) is 4.74. The Labute approximate surface area is 119 Å². The van der Waals surface area contributed by atoms with Crippen LogP contribution in [0.3, 0.4) is 0 Å². The van der Waals surface area contributed by atoms with E-state index in [2.05, 4.69) is 5.32 Å². The Morgan fingerprint density at radius 2 is 2.15 bits per heavy atom. The van der Waals surface area contributed by atoms with E-state index in [4.69, 9.17) is 21.3 Å². The fourth-order valence-corrected chi connectivity index (χ4v) is 2.34. The number of furan rings is 1. The van der Waals surface area contributed by atoms with E-state index in [0.717, 1.165) is 10.8 Å². The van der Waals surface area contributed by atoms with Gasteiger partial charge in [0.25, 0.3) is 0 Å². The van der Waals surface area contributed by atoms with Crippen LogP contribution in [0.25, 0.3) is 21.9 Å². The molecule has 0 radical (unpaired) electrons. The topological polar surface area (TPSA) is 66.0 Å². The van der Waals surface area contributed by atoms with Crippen molar-refractivity contribution >= 4 is 45.1 Å². The summed E-state index contributed by atoms with van der Waals surface area (Å²) in [6.07, 6.45) is -0.188. The maximum atomic E-state index is 11.6. The lowest BCUT2D eigenvalue weighted by Gasteiger charge is -2.04. The van der Waals surface area contributed by atoms with Gasteiger partial charge in [-0.25, -0.2) is 0 Å². The minimum Gasteiger partial charge on any atom is -0.456 e.